The van der Waals surface area contributed by atoms with Crippen molar-refractivity contribution in [3.63, 3.8) is 0 Å². The van der Waals surface area contributed by atoms with Crippen LogP contribution in [-0.2, 0) is 11.2 Å². The summed E-state index contributed by atoms with van der Waals surface area (Å²) >= 11 is 6.25. The zero-order valence-corrected chi connectivity index (χ0v) is 14.7. The molecule has 0 saturated carbocycles. The van der Waals surface area contributed by atoms with Crippen LogP contribution in [0.2, 0.25) is 5.02 Å². The third-order valence-electron chi connectivity index (χ3n) is 3.36. The second-order valence-corrected chi connectivity index (χ2v) is 5.85. The molecule has 0 saturated heterocycles. The average Bonchev–Trinajstić information content (AvgIpc) is 2.57. The van der Waals surface area contributed by atoms with E-state index < -0.39 is 6.29 Å². The molecule has 0 aromatic heterocycles. The molecule has 0 bridgehead atoms. The molecule has 5 nitrogen and oxygen atoms in total. The summed E-state index contributed by atoms with van der Waals surface area (Å²) in [5.74, 6) is 0.502. The first-order valence-corrected chi connectivity index (χ1v) is 7.88. The zero-order chi connectivity index (χ0) is 17.5. The molecule has 6 heteroatoms. The first-order chi connectivity index (χ1) is 11.5. The first kappa shape index (κ1) is 18.1. The molecule has 0 radical (unpaired) electrons. The number of rotatable bonds is 6. The Balaban J connectivity index is 2.04. The lowest BCUT2D eigenvalue weighted by Gasteiger charge is -2.19. The SMILES string of the molecule is COC(Cc1ccccc1)Oc1ccc(NC(=O)N(C)C)cc1Cl. The van der Waals surface area contributed by atoms with E-state index in [4.69, 9.17) is 21.1 Å². The van der Waals surface area contributed by atoms with Gasteiger partial charge < -0.3 is 19.7 Å². The largest absolute Gasteiger partial charge is 0.463 e. The zero-order valence-electron chi connectivity index (χ0n) is 14.0. The predicted molar refractivity (Wildman–Crippen MR) is 95.7 cm³/mol. The highest BCUT2D eigenvalue weighted by Gasteiger charge is 2.13. The summed E-state index contributed by atoms with van der Waals surface area (Å²) in [7, 11) is 4.93. The molecule has 1 unspecified atom stereocenters. The third kappa shape index (κ3) is 5.15. The van der Waals surface area contributed by atoms with E-state index in [1.54, 1.807) is 39.4 Å². The number of urea groups is 1. The lowest BCUT2D eigenvalue weighted by atomic mass is 10.1. The van der Waals surface area contributed by atoms with Crippen molar-refractivity contribution < 1.29 is 14.3 Å². The number of nitrogens with zero attached hydrogens (tertiary/aromatic N) is 1. The van der Waals surface area contributed by atoms with Gasteiger partial charge in [0, 0.05) is 33.3 Å². The Labute approximate surface area is 147 Å². The van der Waals surface area contributed by atoms with Crippen molar-refractivity contribution in [3.05, 3.63) is 59.1 Å². The van der Waals surface area contributed by atoms with Crippen LogP contribution < -0.4 is 10.1 Å². The minimum Gasteiger partial charge on any atom is -0.463 e. The Hall–Kier alpha value is -2.24. The first-order valence-electron chi connectivity index (χ1n) is 7.51. The Morgan fingerprint density at radius 3 is 2.50 bits per heavy atom. The van der Waals surface area contributed by atoms with Gasteiger partial charge in [0.15, 0.2) is 0 Å². The molecule has 128 valence electrons. The van der Waals surface area contributed by atoms with Crippen LogP contribution in [-0.4, -0.2) is 38.4 Å². The molecule has 0 aliphatic carbocycles. The van der Waals surface area contributed by atoms with Gasteiger partial charge in [0.25, 0.3) is 0 Å². The number of halogens is 1. The number of methoxy groups -OCH3 is 1. The van der Waals surface area contributed by atoms with Crippen molar-refractivity contribution >= 4 is 23.3 Å². The Kier molecular flexibility index (Phi) is 6.46. The van der Waals surface area contributed by atoms with Crippen LogP contribution in [0.4, 0.5) is 10.5 Å². The van der Waals surface area contributed by atoms with Crippen LogP contribution in [0.3, 0.4) is 0 Å². The van der Waals surface area contributed by atoms with Gasteiger partial charge in [0.1, 0.15) is 5.75 Å². The average molecular weight is 349 g/mol. The van der Waals surface area contributed by atoms with E-state index in [1.807, 2.05) is 30.3 Å². The predicted octanol–water partition coefficient (Wildman–Crippen LogP) is 4.03. The van der Waals surface area contributed by atoms with Crippen molar-refractivity contribution in [2.45, 2.75) is 12.7 Å². The highest BCUT2D eigenvalue weighted by molar-refractivity contribution is 6.32. The van der Waals surface area contributed by atoms with E-state index in [1.165, 1.54) is 4.90 Å². The standard InChI is InChI=1S/C18H21ClN2O3/c1-21(2)18(22)20-14-9-10-16(15(19)12-14)24-17(23-3)11-13-7-5-4-6-8-13/h4-10,12,17H,11H2,1-3H3,(H,20,22). The van der Waals surface area contributed by atoms with Gasteiger partial charge in [-0.1, -0.05) is 41.9 Å². The van der Waals surface area contributed by atoms with Crippen molar-refractivity contribution in [1.82, 2.24) is 4.90 Å². The molecular weight excluding hydrogens is 328 g/mol. The van der Waals surface area contributed by atoms with E-state index >= 15 is 0 Å². The fraction of sp³-hybridized carbons (Fsp3) is 0.278. The van der Waals surface area contributed by atoms with Crippen molar-refractivity contribution in [1.29, 1.82) is 0 Å². The van der Waals surface area contributed by atoms with Crippen molar-refractivity contribution in [3.8, 4) is 5.75 Å². The van der Waals surface area contributed by atoms with Crippen molar-refractivity contribution in [2.75, 3.05) is 26.5 Å². The maximum atomic E-state index is 11.7. The summed E-state index contributed by atoms with van der Waals surface area (Å²) in [6.45, 7) is 0. The van der Waals surface area contributed by atoms with Crippen LogP contribution >= 0.6 is 11.6 Å². The van der Waals surface area contributed by atoms with Gasteiger partial charge in [-0.05, 0) is 23.8 Å². The van der Waals surface area contributed by atoms with Crippen LogP contribution in [0.5, 0.6) is 5.75 Å². The molecule has 2 aromatic carbocycles. The Morgan fingerprint density at radius 2 is 1.92 bits per heavy atom. The molecule has 1 N–H and O–H groups in total. The Bertz CT molecular complexity index is 677. The topological polar surface area (TPSA) is 50.8 Å². The van der Waals surface area contributed by atoms with E-state index in [9.17, 15) is 4.79 Å². The second-order valence-electron chi connectivity index (χ2n) is 5.44. The highest BCUT2D eigenvalue weighted by atomic mass is 35.5. The summed E-state index contributed by atoms with van der Waals surface area (Å²) in [6.07, 6.45) is 0.152. The van der Waals surface area contributed by atoms with Crippen molar-refractivity contribution in [2.24, 2.45) is 0 Å². The molecule has 1 atom stereocenters. The van der Waals surface area contributed by atoms with Gasteiger partial charge in [-0.2, -0.15) is 0 Å². The quantitative estimate of drug-likeness (QED) is 0.802. The Morgan fingerprint density at radius 1 is 1.21 bits per heavy atom. The lowest BCUT2D eigenvalue weighted by Crippen LogP contribution is -2.27. The monoisotopic (exact) mass is 348 g/mol. The molecule has 2 aromatic rings. The second kappa shape index (κ2) is 8.57. The maximum absolute atomic E-state index is 11.7. The summed E-state index contributed by atoms with van der Waals surface area (Å²) in [4.78, 5) is 13.1. The number of hydrogen-bond acceptors (Lipinski definition) is 3. The fourth-order valence-corrected chi connectivity index (χ4v) is 2.26. The summed E-state index contributed by atoms with van der Waals surface area (Å²) in [6, 6.07) is 14.8. The minimum absolute atomic E-state index is 0.224. The third-order valence-corrected chi connectivity index (χ3v) is 3.65. The molecule has 0 fully saturated rings. The summed E-state index contributed by atoms with van der Waals surface area (Å²) in [5, 5.41) is 3.14. The molecule has 0 aliphatic rings. The summed E-state index contributed by atoms with van der Waals surface area (Å²) in [5.41, 5.74) is 1.71. The van der Waals surface area contributed by atoms with Crippen LogP contribution in [0.15, 0.2) is 48.5 Å². The smallest absolute Gasteiger partial charge is 0.321 e. The summed E-state index contributed by atoms with van der Waals surface area (Å²) < 4.78 is 11.2. The van der Waals surface area contributed by atoms with Gasteiger partial charge in [-0.15, -0.1) is 0 Å². The van der Waals surface area contributed by atoms with Crippen LogP contribution in [0, 0.1) is 0 Å². The van der Waals surface area contributed by atoms with E-state index in [0.29, 0.717) is 22.9 Å². The molecular formula is C18H21ClN2O3. The maximum Gasteiger partial charge on any atom is 0.321 e. The van der Waals surface area contributed by atoms with Gasteiger partial charge in [-0.25, -0.2) is 4.79 Å². The molecule has 0 aliphatic heterocycles. The molecule has 2 amide bonds. The number of benzene rings is 2. The number of anilines is 1. The minimum atomic E-state index is -0.452. The number of nitrogens with one attached hydrogen (secondary N) is 1. The van der Waals surface area contributed by atoms with E-state index in [-0.39, 0.29) is 6.03 Å². The van der Waals surface area contributed by atoms with Crippen LogP contribution in [0.25, 0.3) is 0 Å². The molecule has 2 rings (SSSR count). The normalized spacial score (nSPS) is 11.7. The number of ether oxygens (including phenoxy) is 2. The molecule has 0 heterocycles. The fourth-order valence-electron chi connectivity index (χ4n) is 2.03. The van der Waals surface area contributed by atoms with E-state index in [2.05, 4.69) is 5.32 Å². The molecule has 0 spiro atoms. The highest BCUT2D eigenvalue weighted by Crippen LogP contribution is 2.29. The number of amides is 2. The van der Waals surface area contributed by atoms with Gasteiger partial charge in [0.05, 0.1) is 5.02 Å². The van der Waals surface area contributed by atoms with Gasteiger partial charge in [-0.3, -0.25) is 0 Å². The number of carbonyl (C=O) groups excluding carboxylic acids is 1. The van der Waals surface area contributed by atoms with E-state index in [0.717, 1.165) is 5.56 Å². The van der Waals surface area contributed by atoms with Crippen LogP contribution in [0.1, 0.15) is 5.56 Å². The molecule has 24 heavy (non-hydrogen) atoms. The van der Waals surface area contributed by atoms with Gasteiger partial charge >= 0.3 is 6.03 Å². The lowest BCUT2D eigenvalue weighted by molar-refractivity contribution is -0.0519. The number of carbonyl (C=O) groups is 1. The number of hydrogen-bond donors (Lipinski definition) is 1. The van der Waals surface area contributed by atoms with Gasteiger partial charge in [0.2, 0.25) is 6.29 Å².